The quantitative estimate of drug-likeness (QED) is 0.814. The van der Waals surface area contributed by atoms with Crippen molar-refractivity contribution in [3.8, 4) is 0 Å². The zero-order valence-corrected chi connectivity index (χ0v) is 11.9. The molecule has 106 valence electrons. The number of nitrogen functional groups attached to an aromatic ring is 1. The van der Waals surface area contributed by atoms with E-state index < -0.39 is 11.6 Å². The summed E-state index contributed by atoms with van der Waals surface area (Å²) in [5.74, 6) is -1.92. The average molecular weight is 317 g/mol. The largest absolute Gasteiger partial charge is 0.397 e. The highest BCUT2D eigenvalue weighted by molar-refractivity contribution is 6.35. The fourth-order valence-corrected chi connectivity index (χ4v) is 2.29. The molecule has 0 radical (unpaired) electrons. The molecule has 0 aliphatic heterocycles. The second-order valence-corrected chi connectivity index (χ2v) is 5.08. The van der Waals surface area contributed by atoms with Gasteiger partial charge < -0.3 is 11.1 Å². The number of hydrogen-bond donors (Lipinski definition) is 2. The van der Waals surface area contributed by atoms with Crippen LogP contribution in [-0.2, 0) is 6.42 Å². The molecule has 2 nitrogen and oxygen atoms in total. The van der Waals surface area contributed by atoms with Gasteiger partial charge in [-0.15, -0.1) is 0 Å². The second kappa shape index (κ2) is 6.29. The molecule has 0 unspecified atom stereocenters. The van der Waals surface area contributed by atoms with Crippen molar-refractivity contribution < 1.29 is 8.78 Å². The van der Waals surface area contributed by atoms with Gasteiger partial charge in [0.15, 0.2) is 11.6 Å². The third-order valence-corrected chi connectivity index (χ3v) is 3.43. The van der Waals surface area contributed by atoms with Gasteiger partial charge in [-0.2, -0.15) is 0 Å². The van der Waals surface area contributed by atoms with Gasteiger partial charge in [0.1, 0.15) is 0 Å². The highest BCUT2D eigenvalue weighted by Gasteiger charge is 2.11. The Morgan fingerprint density at radius 2 is 1.85 bits per heavy atom. The van der Waals surface area contributed by atoms with Crippen LogP contribution in [-0.4, -0.2) is 6.54 Å². The summed E-state index contributed by atoms with van der Waals surface area (Å²) in [4.78, 5) is 0. The van der Waals surface area contributed by atoms with Crippen LogP contribution in [0.5, 0.6) is 0 Å². The van der Waals surface area contributed by atoms with Crippen LogP contribution >= 0.6 is 23.2 Å². The average Bonchev–Trinajstić information content (AvgIpc) is 2.40. The summed E-state index contributed by atoms with van der Waals surface area (Å²) < 4.78 is 26.7. The molecule has 20 heavy (non-hydrogen) atoms. The Morgan fingerprint density at radius 1 is 1.10 bits per heavy atom. The second-order valence-electron chi connectivity index (χ2n) is 4.24. The Labute approximate surface area is 125 Å². The first-order valence-electron chi connectivity index (χ1n) is 5.90. The van der Waals surface area contributed by atoms with E-state index in [1.165, 1.54) is 6.07 Å². The van der Waals surface area contributed by atoms with Gasteiger partial charge in [-0.25, -0.2) is 8.78 Å². The summed E-state index contributed by atoms with van der Waals surface area (Å²) >= 11 is 11.8. The monoisotopic (exact) mass is 316 g/mol. The molecular weight excluding hydrogens is 305 g/mol. The lowest BCUT2D eigenvalue weighted by Crippen LogP contribution is -2.09. The number of nitrogens with two attached hydrogens (primary N) is 1. The van der Waals surface area contributed by atoms with E-state index in [1.54, 1.807) is 18.2 Å². The SMILES string of the molecule is Nc1ccc(F)c(F)c1NCCc1ccc(Cl)cc1Cl. The van der Waals surface area contributed by atoms with E-state index in [4.69, 9.17) is 28.9 Å². The van der Waals surface area contributed by atoms with Gasteiger partial charge in [0.25, 0.3) is 0 Å². The van der Waals surface area contributed by atoms with Gasteiger partial charge in [0.2, 0.25) is 0 Å². The molecule has 0 atom stereocenters. The van der Waals surface area contributed by atoms with Gasteiger partial charge in [0, 0.05) is 16.6 Å². The Bertz CT molecular complexity index is 633. The molecule has 0 spiro atoms. The zero-order chi connectivity index (χ0) is 14.7. The molecule has 0 amide bonds. The number of benzene rings is 2. The van der Waals surface area contributed by atoms with Crippen molar-refractivity contribution in [1.29, 1.82) is 0 Å². The summed E-state index contributed by atoms with van der Waals surface area (Å²) in [6.07, 6.45) is 0.533. The Morgan fingerprint density at radius 3 is 2.55 bits per heavy atom. The van der Waals surface area contributed by atoms with E-state index in [1.807, 2.05) is 0 Å². The zero-order valence-electron chi connectivity index (χ0n) is 10.4. The topological polar surface area (TPSA) is 38.0 Å². The van der Waals surface area contributed by atoms with E-state index >= 15 is 0 Å². The fourth-order valence-electron chi connectivity index (χ4n) is 1.79. The molecule has 2 aromatic carbocycles. The normalized spacial score (nSPS) is 10.6. The molecule has 0 fully saturated rings. The van der Waals surface area contributed by atoms with E-state index in [0.717, 1.165) is 11.6 Å². The summed E-state index contributed by atoms with van der Waals surface area (Å²) in [6.45, 7) is 0.367. The van der Waals surface area contributed by atoms with Crippen molar-refractivity contribution in [3.05, 3.63) is 57.6 Å². The van der Waals surface area contributed by atoms with Crippen molar-refractivity contribution in [2.75, 3.05) is 17.6 Å². The summed E-state index contributed by atoms with van der Waals surface area (Å²) in [6, 6.07) is 7.45. The standard InChI is InChI=1S/C14H12Cl2F2N2/c15-9-2-1-8(10(16)7-9)5-6-20-14-12(19)4-3-11(17)13(14)18/h1-4,7,20H,5-6,19H2. The van der Waals surface area contributed by atoms with Crippen LogP contribution in [0.4, 0.5) is 20.2 Å². The minimum absolute atomic E-state index is 0.0323. The Hall–Kier alpha value is -1.52. The van der Waals surface area contributed by atoms with E-state index in [0.29, 0.717) is 23.0 Å². The predicted molar refractivity (Wildman–Crippen MR) is 79.4 cm³/mol. The van der Waals surface area contributed by atoms with Gasteiger partial charge >= 0.3 is 0 Å². The molecule has 0 saturated carbocycles. The molecule has 0 aliphatic carbocycles. The summed E-state index contributed by atoms with van der Waals surface area (Å²) in [5.41, 5.74) is 6.59. The first-order valence-corrected chi connectivity index (χ1v) is 6.66. The van der Waals surface area contributed by atoms with Crippen molar-refractivity contribution >= 4 is 34.6 Å². The number of rotatable bonds is 4. The maximum atomic E-state index is 13.6. The first kappa shape index (κ1) is 14.9. The Kier molecular flexibility index (Phi) is 4.68. The summed E-state index contributed by atoms with van der Waals surface area (Å²) in [5, 5.41) is 3.86. The van der Waals surface area contributed by atoms with Gasteiger partial charge in [0.05, 0.1) is 11.4 Å². The molecule has 6 heteroatoms. The number of halogens is 4. The van der Waals surface area contributed by atoms with E-state index in [9.17, 15) is 8.78 Å². The fraction of sp³-hybridized carbons (Fsp3) is 0.143. The smallest absolute Gasteiger partial charge is 0.183 e. The van der Waals surface area contributed by atoms with E-state index in [-0.39, 0.29) is 11.4 Å². The number of hydrogen-bond acceptors (Lipinski definition) is 2. The van der Waals surface area contributed by atoms with Crippen LogP contribution < -0.4 is 11.1 Å². The molecule has 2 rings (SSSR count). The Balaban J connectivity index is 2.05. The van der Waals surface area contributed by atoms with E-state index in [2.05, 4.69) is 5.32 Å². The molecule has 0 bridgehead atoms. The lowest BCUT2D eigenvalue weighted by Gasteiger charge is -2.11. The van der Waals surface area contributed by atoms with Crippen LogP contribution in [0, 0.1) is 11.6 Å². The molecule has 3 N–H and O–H groups in total. The van der Waals surface area contributed by atoms with Crippen LogP contribution in [0.25, 0.3) is 0 Å². The molecule has 2 aromatic rings. The van der Waals surface area contributed by atoms with Crippen molar-refractivity contribution in [3.63, 3.8) is 0 Å². The number of anilines is 2. The van der Waals surface area contributed by atoms with Gasteiger partial charge in [-0.1, -0.05) is 29.3 Å². The molecule has 0 aliphatic rings. The molecule has 0 saturated heterocycles. The molecular formula is C14H12Cl2F2N2. The summed E-state index contributed by atoms with van der Waals surface area (Å²) in [7, 11) is 0. The molecule has 0 heterocycles. The van der Waals surface area contributed by atoms with Crippen molar-refractivity contribution in [2.45, 2.75) is 6.42 Å². The minimum atomic E-state index is -0.979. The first-order chi connectivity index (χ1) is 9.49. The predicted octanol–water partition coefficient (Wildman–Crippen LogP) is 4.51. The molecule has 0 aromatic heterocycles. The third kappa shape index (κ3) is 3.32. The third-order valence-electron chi connectivity index (χ3n) is 2.84. The van der Waals surface area contributed by atoms with Crippen LogP contribution in [0.2, 0.25) is 10.0 Å². The maximum absolute atomic E-state index is 13.6. The van der Waals surface area contributed by atoms with Crippen LogP contribution in [0.3, 0.4) is 0 Å². The van der Waals surface area contributed by atoms with Crippen molar-refractivity contribution in [1.82, 2.24) is 0 Å². The lowest BCUT2D eigenvalue weighted by molar-refractivity contribution is 0.511. The highest BCUT2D eigenvalue weighted by atomic mass is 35.5. The van der Waals surface area contributed by atoms with Gasteiger partial charge in [-0.05, 0) is 36.2 Å². The van der Waals surface area contributed by atoms with Crippen molar-refractivity contribution in [2.24, 2.45) is 0 Å². The van der Waals surface area contributed by atoms with Gasteiger partial charge in [-0.3, -0.25) is 0 Å². The van der Waals surface area contributed by atoms with Crippen LogP contribution in [0.15, 0.2) is 30.3 Å². The van der Waals surface area contributed by atoms with Crippen LogP contribution in [0.1, 0.15) is 5.56 Å². The highest BCUT2D eigenvalue weighted by Crippen LogP contribution is 2.25. The number of nitrogens with one attached hydrogen (secondary N) is 1. The maximum Gasteiger partial charge on any atom is 0.183 e. The minimum Gasteiger partial charge on any atom is -0.397 e. The lowest BCUT2D eigenvalue weighted by atomic mass is 10.1.